The number of hydrogen-bond donors (Lipinski definition) is 2. The average molecular weight is 750 g/mol. The van der Waals surface area contributed by atoms with Gasteiger partial charge in [-0.3, -0.25) is 19.2 Å². The largest absolute Gasteiger partial charge is 0.481 e. The van der Waals surface area contributed by atoms with E-state index in [1.807, 2.05) is 0 Å². The van der Waals surface area contributed by atoms with Crippen LogP contribution in [0.1, 0.15) is 132 Å². The first-order valence-electron chi connectivity index (χ1n) is 20.5. The van der Waals surface area contributed by atoms with Crippen molar-refractivity contribution in [2.24, 2.45) is 56.7 Å². The molecule has 4 fully saturated rings. The van der Waals surface area contributed by atoms with Crippen LogP contribution in [0, 0.1) is 62.5 Å². The van der Waals surface area contributed by atoms with E-state index in [1.165, 1.54) is 24.6 Å². The highest BCUT2D eigenvalue weighted by atomic mass is 19.1. The predicted molar refractivity (Wildman–Crippen MR) is 204 cm³/mol. The summed E-state index contributed by atoms with van der Waals surface area (Å²) in [5.74, 6) is -0.273. The Morgan fingerprint density at radius 2 is 1.59 bits per heavy atom. The second-order valence-corrected chi connectivity index (χ2v) is 19.8. The maximum Gasteiger partial charge on any atom is 0.309 e. The molecule has 1 aromatic carbocycles. The molecule has 5 aliphatic rings. The van der Waals surface area contributed by atoms with E-state index in [0.717, 1.165) is 62.5 Å². The number of esters is 2. The van der Waals surface area contributed by atoms with E-state index in [0.29, 0.717) is 37.3 Å². The molecule has 6 rings (SSSR count). The van der Waals surface area contributed by atoms with Crippen molar-refractivity contribution in [3.63, 3.8) is 0 Å². The van der Waals surface area contributed by atoms with Gasteiger partial charge in [0.15, 0.2) is 5.78 Å². The number of hydrogen-bond acceptors (Lipinski definition) is 7. The van der Waals surface area contributed by atoms with Crippen LogP contribution < -0.4 is 5.32 Å². The quantitative estimate of drug-likeness (QED) is 0.216. The number of halogens is 1. The van der Waals surface area contributed by atoms with Crippen LogP contribution in [0.15, 0.2) is 35.4 Å². The van der Waals surface area contributed by atoms with E-state index >= 15 is 0 Å². The van der Waals surface area contributed by atoms with Crippen LogP contribution in [-0.4, -0.2) is 47.6 Å². The van der Waals surface area contributed by atoms with Gasteiger partial charge in [-0.25, -0.2) is 4.39 Å². The van der Waals surface area contributed by atoms with Crippen LogP contribution in [0.3, 0.4) is 0 Å². The fraction of sp³-hybridized carbons (Fsp3) is 0.733. The van der Waals surface area contributed by atoms with Gasteiger partial charge in [-0.15, -0.1) is 0 Å². The van der Waals surface area contributed by atoms with Gasteiger partial charge in [0, 0.05) is 37.3 Å². The maximum atomic E-state index is 14.2. The van der Waals surface area contributed by atoms with Crippen LogP contribution in [0.5, 0.6) is 0 Å². The number of ether oxygens (including phenoxy) is 2. The lowest BCUT2D eigenvalue weighted by Crippen LogP contribution is -2.62. The molecule has 0 bridgehead atoms. The lowest BCUT2D eigenvalue weighted by molar-refractivity contribution is -0.206. The van der Waals surface area contributed by atoms with E-state index in [2.05, 4.69) is 46.9 Å². The molecule has 4 saturated carbocycles. The Kier molecular flexibility index (Phi) is 10.9. The number of allylic oxidation sites excluding steroid dienone is 1. The number of carbonyl (C=O) groups is 4. The van der Waals surface area contributed by atoms with Crippen LogP contribution in [0.25, 0.3) is 0 Å². The normalized spacial score (nSPS) is 35.0. The SMILES string of the molecule is CC(=O)O[C@H](CNCc1ccc(F)cc1)C12CC[C@]3(C)[C@H](CCC4[C@H]3CCC3C(C)(C)[C@@H](OC(=O)CC(C)(C)C(=O)O)CC[C@]43C)C1=C(C(C)C)C(=O)C2. The minimum Gasteiger partial charge on any atom is -0.481 e. The van der Waals surface area contributed by atoms with Crippen molar-refractivity contribution in [1.82, 2.24) is 5.32 Å². The second kappa shape index (κ2) is 14.5. The van der Waals surface area contributed by atoms with E-state index in [-0.39, 0.29) is 58.2 Å². The van der Waals surface area contributed by atoms with Crippen molar-refractivity contribution in [1.29, 1.82) is 0 Å². The summed E-state index contributed by atoms with van der Waals surface area (Å²) >= 11 is 0. The van der Waals surface area contributed by atoms with Crippen molar-refractivity contribution in [3.05, 3.63) is 46.8 Å². The first-order valence-corrected chi connectivity index (χ1v) is 20.5. The molecule has 0 heterocycles. The second-order valence-electron chi connectivity index (χ2n) is 19.8. The molecule has 9 heteroatoms. The molecule has 54 heavy (non-hydrogen) atoms. The summed E-state index contributed by atoms with van der Waals surface area (Å²) in [5.41, 5.74) is 1.20. The summed E-state index contributed by atoms with van der Waals surface area (Å²) in [4.78, 5) is 51.7. The number of aliphatic carboxylic acids is 1. The molecule has 0 aromatic heterocycles. The summed E-state index contributed by atoms with van der Waals surface area (Å²) in [6.07, 6.45) is 7.07. The number of carboxylic acids is 1. The Morgan fingerprint density at radius 1 is 0.944 bits per heavy atom. The summed E-state index contributed by atoms with van der Waals surface area (Å²) in [6, 6.07) is 6.41. The minimum absolute atomic E-state index is 0.0152. The van der Waals surface area contributed by atoms with Gasteiger partial charge in [0.05, 0.1) is 11.8 Å². The predicted octanol–water partition coefficient (Wildman–Crippen LogP) is 8.85. The van der Waals surface area contributed by atoms with Crippen LogP contribution in [0.4, 0.5) is 4.39 Å². The summed E-state index contributed by atoms with van der Waals surface area (Å²) in [5, 5.41) is 13.1. The monoisotopic (exact) mass is 749 g/mol. The van der Waals surface area contributed by atoms with Gasteiger partial charge in [0.25, 0.3) is 0 Å². The smallest absolute Gasteiger partial charge is 0.309 e. The van der Waals surface area contributed by atoms with Gasteiger partial charge in [-0.2, -0.15) is 0 Å². The van der Waals surface area contributed by atoms with Crippen molar-refractivity contribution >= 4 is 23.7 Å². The molecule has 0 spiro atoms. The zero-order chi connectivity index (χ0) is 39.6. The van der Waals surface area contributed by atoms with Gasteiger partial charge in [0.2, 0.25) is 0 Å². The Morgan fingerprint density at radius 3 is 2.22 bits per heavy atom. The van der Waals surface area contributed by atoms with Gasteiger partial charge in [0.1, 0.15) is 18.0 Å². The first-order chi connectivity index (χ1) is 25.2. The van der Waals surface area contributed by atoms with Crippen LogP contribution in [-0.2, 0) is 35.2 Å². The standard InChI is InChI=1S/C45H64FNO7/c1-26(2)38-33(49)22-45(36(53-27(3)48)25-47-24-28-10-12-29(46)13-11-28)21-20-43(8)30-16-17-34-42(6,7)35(54-37(50)23-41(4,5)40(51)52)18-19-44(34,9)31(30)14-15-32(43)39(38)45/h10-13,26,30-32,34-36,47H,14-25H2,1-9H3,(H,51,52)/t30-,31?,32-,34?,35+,36-,43+,44-,45?/m1/s1. The lowest BCUT2D eigenvalue weighted by atomic mass is 9.37. The average Bonchev–Trinajstić information content (AvgIpc) is 3.39. The van der Waals surface area contributed by atoms with Crippen LogP contribution >= 0.6 is 0 Å². The molecule has 3 unspecified atom stereocenters. The molecular weight excluding hydrogens is 685 g/mol. The number of carbonyl (C=O) groups excluding carboxylic acids is 3. The third-order valence-electron chi connectivity index (χ3n) is 15.6. The van der Waals surface area contributed by atoms with Gasteiger partial charge >= 0.3 is 17.9 Å². The molecule has 298 valence electrons. The highest BCUT2D eigenvalue weighted by Crippen LogP contribution is 2.73. The number of fused-ring (bicyclic) bond motifs is 7. The third kappa shape index (κ3) is 6.87. The molecule has 9 atom stereocenters. The third-order valence-corrected chi connectivity index (χ3v) is 15.6. The lowest BCUT2D eigenvalue weighted by Gasteiger charge is -2.68. The number of nitrogens with one attached hydrogen (secondary N) is 1. The molecular formula is C45H64FNO7. The van der Waals surface area contributed by atoms with Crippen molar-refractivity contribution < 1.29 is 38.1 Å². The number of rotatable bonds is 11. The summed E-state index contributed by atoms with van der Waals surface area (Å²) < 4.78 is 26.0. The van der Waals surface area contributed by atoms with Crippen LogP contribution in [0.2, 0.25) is 0 Å². The Hall–Kier alpha value is -3.07. The minimum atomic E-state index is -1.18. The maximum absolute atomic E-state index is 14.2. The molecule has 0 amide bonds. The van der Waals surface area contributed by atoms with E-state index in [4.69, 9.17) is 9.47 Å². The highest BCUT2D eigenvalue weighted by molar-refractivity contribution is 6.01. The number of Topliss-reactive ketones (excluding diaryl/α,β-unsaturated/α-hetero) is 1. The van der Waals surface area contributed by atoms with E-state index in [1.54, 1.807) is 26.0 Å². The molecule has 0 aliphatic heterocycles. The molecule has 2 N–H and O–H groups in total. The zero-order valence-corrected chi connectivity index (χ0v) is 34.1. The topological polar surface area (TPSA) is 119 Å². The Labute approximate surface area is 321 Å². The van der Waals surface area contributed by atoms with Crippen molar-refractivity contribution in [2.75, 3.05) is 6.54 Å². The molecule has 0 radical (unpaired) electrons. The Balaban J connectivity index is 1.27. The van der Waals surface area contributed by atoms with Crippen molar-refractivity contribution in [2.45, 2.75) is 145 Å². The molecule has 5 aliphatic carbocycles. The summed E-state index contributed by atoms with van der Waals surface area (Å²) in [6.45, 7) is 19.2. The molecule has 8 nitrogen and oxygen atoms in total. The fourth-order valence-electron chi connectivity index (χ4n) is 12.9. The van der Waals surface area contributed by atoms with Crippen molar-refractivity contribution in [3.8, 4) is 0 Å². The fourth-order valence-corrected chi connectivity index (χ4v) is 12.9. The van der Waals surface area contributed by atoms with Gasteiger partial charge in [-0.1, -0.05) is 53.7 Å². The Bertz CT molecular complexity index is 1680. The molecule has 0 saturated heterocycles. The van der Waals surface area contributed by atoms with E-state index in [9.17, 15) is 28.7 Å². The highest BCUT2D eigenvalue weighted by Gasteiger charge is 2.67. The van der Waals surface area contributed by atoms with E-state index < -0.39 is 28.9 Å². The summed E-state index contributed by atoms with van der Waals surface area (Å²) in [7, 11) is 0. The molecule has 1 aromatic rings. The van der Waals surface area contributed by atoms with Gasteiger partial charge < -0.3 is 19.9 Å². The number of ketones is 1. The zero-order valence-electron chi connectivity index (χ0n) is 34.1. The first kappa shape index (κ1) is 40.6. The van der Waals surface area contributed by atoms with Gasteiger partial charge in [-0.05, 0) is 134 Å². The number of benzene rings is 1. The number of carboxylic acid groups (broad SMARTS) is 1.